The molecule has 2 aromatic rings. The number of rotatable bonds is 4. The largest absolute Gasteiger partial charge is 0.477 e. The highest BCUT2D eigenvalue weighted by Gasteiger charge is 2.03. The van der Waals surface area contributed by atoms with E-state index in [1.165, 1.54) is 4.88 Å². The lowest BCUT2D eigenvalue weighted by atomic mass is 10.3. The van der Waals surface area contributed by atoms with E-state index in [1.54, 1.807) is 17.5 Å². The molecular weight excluding hydrogens is 244 g/mol. The molecule has 5 heteroatoms. The van der Waals surface area contributed by atoms with E-state index >= 15 is 0 Å². The van der Waals surface area contributed by atoms with Crippen molar-refractivity contribution in [3.8, 4) is 5.88 Å². The molecule has 0 N–H and O–H groups in total. The molecule has 0 saturated carbocycles. The Morgan fingerprint density at radius 3 is 3.12 bits per heavy atom. The monoisotopic (exact) mass is 254 g/mol. The first kappa shape index (κ1) is 11.4. The number of nitrogens with zero attached hydrogens (tertiary/aromatic N) is 2. The summed E-state index contributed by atoms with van der Waals surface area (Å²) in [5.74, 6) is 0.566. The van der Waals surface area contributed by atoms with Crippen LogP contribution in [0.4, 0.5) is 0 Å². The van der Waals surface area contributed by atoms with Gasteiger partial charge in [-0.15, -0.1) is 11.3 Å². The molecule has 0 aliphatic rings. The molecule has 0 fully saturated rings. The summed E-state index contributed by atoms with van der Waals surface area (Å²) in [6, 6.07) is 4.13. The lowest BCUT2D eigenvalue weighted by Gasteiger charge is -2.06. The van der Waals surface area contributed by atoms with E-state index in [9.17, 15) is 0 Å². The summed E-state index contributed by atoms with van der Waals surface area (Å²) >= 11 is 7.42. The summed E-state index contributed by atoms with van der Waals surface area (Å²) < 4.78 is 5.56. The zero-order valence-corrected chi connectivity index (χ0v) is 10.4. The SMILES string of the molecule is Cc1cnc(Cl)nc1OCCc1cccs1. The first-order chi connectivity index (χ1) is 7.75. The molecule has 0 bridgehead atoms. The minimum Gasteiger partial charge on any atom is -0.477 e. The summed E-state index contributed by atoms with van der Waals surface area (Å²) in [6.07, 6.45) is 2.55. The van der Waals surface area contributed by atoms with Gasteiger partial charge in [0.15, 0.2) is 0 Å². The van der Waals surface area contributed by atoms with Crippen LogP contribution in [0.1, 0.15) is 10.4 Å². The van der Waals surface area contributed by atoms with Gasteiger partial charge in [0, 0.05) is 23.1 Å². The van der Waals surface area contributed by atoms with Crippen LogP contribution in [0.2, 0.25) is 5.28 Å². The number of halogens is 1. The topological polar surface area (TPSA) is 35.0 Å². The Balaban J connectivity index is 1.92. The third kappa shape index (κ3) is 2.93. The average molecular weight is 255 g/mol. The van der Waals surface area contributed by atoms with Crippen molar-refractivity contribution in [2.75, 3.05) is 6.61 Å². The molecule has 0 saturated heterocycles. The molecule has 3 nitrogen and oxygen atoms in total. The van der Waals surface area contributed by atoms with E-state index in [4.69, 9.17) is 16.3 Å². The van der Waals surface area contributed by atoms with Gasteiger partial charge in [-0.3, -0.25) is 0 Å². The molecule has 0 aromatic carbocycles. The second-order valence-electron chi connectivity index (χ2n) is 3.31. The van der Waals surface area contributed by atoms with E-state index in [-0.39, 0.29) is 5.28 Å². The first-order valence-electron chi connectivity index (χ1n) is 4.90. The molecule has 0 spiro atoms. The van der Waals surface area contributed by atoms with Crippen molar-refractivity contribution in [2.24, 2.45) is 0 Å². The van der Waals surface area contributed by atoms with E-state index in [0.717, 1.165) is 12.0 Å². The van der Waals surface area contributed by atoms with Gasteiger partial charge in [0.05, 0.1) is 6.61 Å². The van der Waals surface area contributed by atoms with Crippen LogP contribution in [0, 0.1) is 6.92 Å². The van der Waals surface area contributed by atoms with Crippen molar-refractivity contribution in [2.45, 2.75) is 13.3 Å². The highest BCUT2D eigenvalue weighted by molar-refractivity contribution is 7.09. The van der Waals surface area contributed by atoms with Crippen molar-refractivity contribution in [3.05, 3.63) is 39.4 Å². The number of aryl methyl sites for hydroxylation is 1. The van der Waals surface area contributed by atoms with Gasteiger partial charge in [0.1, 0.15) is 0 Å². The van der Waals surface area contributed by atoms with Crippen LogP contribution in [-0.2, 0) is 6.42 Å². The Morgan fingerprint density at radius 2 is 2.38 bits per heavy atom. The van der Waals surface area contributed by atoms with Crippen LogP contribution in [0.3, 0.4) is 0 Å². The van der Waals surface area contributed by atoms with Gasteiger partial charge in [-0.25, -0.2) is 4.98 Å². The molecule has 2 rings (SSSR count). The van der Waals surface area contributed by atoms with Crippen LogP contribution < -0.4 is 4.74 Å². The predicted octanol–water partition coefficient (Wildman–Crippen LogP) is 3.12. The summed E-state index contributed by atoms with van der Waals surface area (Å²) in [4.78, 5) is 9.20. The van der Waals surface area contributed by atoms with Gasteiger partial charge in [-0.2, -0.15) is 4.98 Å². The zero-order valence-electron chi connectivity index (χ0n) is 8.81. The highest BCUT2D eigenvalue weighted by Crippen LogP contribution is 2.16. The van der Waals surface area contributed by atoms with Gasteiger partial charge < -0.3 is 4.74 Å². The Morgan fingerprint density at radius 1 is 1.50 bits per heavy atom. The van der Waals surface area contributed by atoms with Crippen LogP contribution in [0.25, 0.3) is 0 Å². The van der Waals surface area contributed by atoms with E-state index in [0.29, 0.717) is 12.5 Å². The Kier molecular flexibility index (Phi) is 3.74. The lowest BCUT2D eigenvalue weighted by molar-refractivity contribution is 0.307. The summed E-state index contributed by atoms with van der Waals surface area (Å²) in [6.45, 7) is 2.51. The van der Waals surface area contributed by atoms with Crippen molar-refractivity contribution in [3.63, 3.8) is 0 Å². The molecule has 16 heavy (non-hydrogen) atoms. The minimum atomic E-state index is 0.219. The lowest BCUT2D eigenvalue weighted by Crippen LogP contribution is -2.03. The van der Waals surface area contributed by atoms with Crippen LogP contribution in [0.15, 0.2) is 23.7 Å². The van der Waals surface area contributed by atoms with Gasteiger partial charge in [0.2, 0.25) is 11.2 Å². The molecule has 0 aliphatic carbocycles. The fraction of sp³-hybridized carbons (Fsp3) is 0.273. The molecule has 0 amide bonds. The van der Waals surface area contributed by atoms with Crippen molar-refractivity contribution < 1.29 is 4.74 Å². The van der Waals surface area contributed by atoms with Gasteiger partial charge in [-0.05, 0) is 30.0 Å². The fourth-order valence-electron chi connectivity index (χ4n) is 1.26. The molecule has 0 radical (unpaired) electrons. The fourth-order valence-corrected chi connectivity index (χ4v) is 2.07. The molecule has 84 valence electrons. The van der Waals surface area contributed by atoms with Crippen molar-refractivity contribution in [1.29, 1.82) is 0 Å². The number of hydrogen-bond acceptors (Lipinski definition) is 4. The molecule has 2 aromatic heterocycles. The second kappa shape index (κ2) is 5.27. The summed E-state index contributed by atoms with van der Waals surface area (Å²) in [5, 5.41) is 2.28. The normalized spacial score (nSPS) is 10.4. The average Bonchev–Trinajstić information content (AvgIpc) is 2.76. The maximum Gasteiger partial charge on any atom is 0.225 e. The van der Waals surface area contributed by atoms with Gasteiger partial charge >= 0.3 is 0 Å². The molecule has 2 heterocycles. The molecule has 0 atom stereocenters. The van der Waals surface area contributed by atoms with Crippen molar-refractivity contribution in [1.82, 2.24) is 9.97 Å². The van der Waals surface area contributed by atoms with E-state index < -0.39 is 0 Å². The summed E-state index contributed by atoms with van der Waals surface area (Å²) in [5.41, 5.74) is 0.899. The first-order valence-corrected chi connectivity index (χ1v) is 6.16. The smallest absolute Gasteiger partial charge is 0.225 e. The van der Waals surface area contributed by atoms with Crippen LogP contribution >= 0.6 is 22.9 Å². The Labute approximate surface area is 103 Å². The summed E-state index contributed by atoms with van der Waals surface area (Å²) in [7, 11) is 0. The second-order valence-corrected chi connectivity index (χ2v) is 4.68. The minimum absolute atomic E-state index is 0.219. The Hall–Kier alpha value is -1.13. The molecule has 0 aliphatic heterocycles. The number of ether oxygens (including phenoxy) is 1. The molecule has 0 unspecified atom stereocenters. The van der Waals surface area contributed by atoms with Gasteiger partial charge in [0.25, 0.3) is 0 Å². The van der Waals surface area contributed by atoms with Gasteiger partial charge in [-0.1, -0.05) is 6.07 Å². The standard InChI is InChI=1S/C11H11ClN2OS/c1-8-7-13-11(12)14-10(8)15-5-4-9-3-2-6-16-9/h2-3,6-7H,4-5H2,1H3. The maximum atomic E-state index is 5.70. The number of thiophene rings is 1. The van der Waals surface area contributed by atoms with E-state index in [2.05, 4.69) is 21.4 Å². The highest BCUT2D eigenvalue weighted by atomic mass is 35.5. The Bertz CT molecular complexity index is 459. The van der Waals surface area contributed by atoms with Crippen LogP contribution in [-0.4, -0.2) is 16.6 Å². The third-order valence-corrected chi connectivity index (χ3v) is 3.18. The predicted molar refractivity (Wildman–Crippen MR) is 65.3 cm³/mol. The number of aromatic nitrogens is 2. The third-order valence-electron chi connectivity index (χ3n) is 2.06. The van der Waals surface area contributed by atoms with Crippen molar-refractivity contribution >= 4 is 22.9 Å². The number of hydrogen-bond donors (Lipinski definition) is 0. The maximum absolute atomic E-state index is 5.70. The van der Waals surface area contributed by atoms with Crippen LogP contribution in [0.5, 0.6) is 5.88 Å². The van der Waals surface area contributed by atoms with E-state index in [1.807, 2.05) is 13.0 Å². The molecular formula is C11H11ClN2OS. The zero-order chi connectivity index (χ0) is 11.4. The quantitative estimate of drug-likeness (QED) is 0.787.